The Morgan fingerprint density at radius 3 is 2.71 bits per heavy atom. The highest BCUT2D eigenvalue weighted by molar-refractivity contribution is 6.06. The Hall–Kier alpha value is -2.37. The zero-order chi connectivity index (χ0) is 15.1. The maximum Gasteiger partial charge on any atom is 0.255 e. The van der Waals surface area contributed by atoms with Crippen LogP contribution in [0.3, 0.4) is 0 Å². The first-order valence-corrected chi connectivity index (χ1v) is 6.84. The van der Waals surface area contributed by atoms with Crippen molar-refractivity contribution in [3.05, 3.63) is 28.8 Å². The molecule has 1 atom stereocenters. The number of hydrogen-bond acceptors (Lipinski definition) is 4. The normalized spacial score (nSPS) is 21.3. The molecule has 0 bridgehead atoms. The van der Waals surface area contributed by atoms with Crippen LogP contribution in [0, 0.1) is 6.92 Å². The molecular formula is C15H16N2O4. The SMILES string of the molecule is COc1ccc2c(c1C)C(=O)N(C1CCC(=O)NC1=O)C2. The molecule has 21 heavy (non-hydrogen) atoms. The zero-order valence-corrected chi connectivity index (χ0v) is 11.9. The summed E-state index contributed by atoms with van der Waals surface area (Å²) in [5, 5.41) is 2.29. The molecule has 1 saturated heterocycles. The van der Waals surface area contributed by atoms with Gasteiger partial charge in [0.25, 0.3) is 5.91 Å². The van der Waals surface area contributed by atoms with Crippen LogP contribution in [0.1, 0.15) is 34.3 Å². The van der Waals surface area contributed by atoms with Gasteiger partial charge in [0.05, 0.1) is 12.7 Å². The van der Waals surface area contributed by atoms with Crippen molar-refractivity contribution < 1.29 is 19.1 Å². The van der Waals surface area contributed by atoms with E-state index < -0.39 is 11.9 Å². The fraction of sp³-hybridized carbons (Fsp3) is 0.400. The summed E-state index contributed by atoms with van der Waals surface area (Å²) in [4.78, 5) is 37.3. The molecule has 110 valence electrons. The van der Waals surface area contributed by atoms with E-state index in [9.17, 15) is 14.4 Å². The quantitative estimate of drug-likeness (QED) is 0.815. The second-order valence-corrected chi connectivity index (χ2v) is 5.33. The van der Waals surface area contributed by atoms with Crippen molar-refractivity contribution in [2.24, 2.45) is 0 Å². The fourth-order valence-electron chi connectivity index (χ4n) is 3.03. The van der Waals surface area contributed by atoms with Gasteiger partial charge in [0.2, 0.25) is 11.8 Å². The third-order valence-electron chi connectivity index (χ3n) is 4.12. The van der Waals surface area contributed by atoms with Crippen LogP contribution >= 0.6 is 0 Å². The van der Waals surface area contributed by atoms with Crippen molar-refractivity contribution in [1.29, 1.82) is 0 Å². The number of fused-ring (bicyclic) bond motifs is 1. The molecule has 3 rings (SSSR count). The number of methoxy groups -OCH3 is 1. The molecular weight excluding hydrogens is 272 g/mol. The number of rotatable bonds is 2. The van der Waals surface area contributed by atoms with Crippen LogP contribution in [0.25, 0.3) is 0 Å². The van der Waals surface area contributed by atoms with Gasteiger partial charge in [-0.1, -0.05) is 6.07 Å². The highest BCUT2D eigenvalue weighted by Gasteiger charge is 2.40. The molecule has 0 aromatic heterocycles. The van der Waals surface area contributed by atoms with Gasteiger partial charge < -0.3 is 9.64 Å². The number of carbonyl (C=O) groups excluding carboxylic acids is 3. The molecule has 1 aromatic rings. The first-order chi connectivity index (χ1) is 10.0. The van der Waals surface area contributed by atoms with E-state index in [0.717, 1.165) is 11.1 Å². The van der Waals surface area contributed by atoms with Gasteiger partial charge in [-0.3, -0.25) is 19.7 Å². The summed E-state index contributed by atoms with van der Waals surface area (Å²) in [5.74, 6) is -0.182. The number of nitrogens with one attached hydrogen (secondary N) is 1. The zero-order valence-electron chi connectivity index (χ0n) is 11.9. The highest BCUT2D eigenvalue weighted by Crippen LogP contribution is 2.33. The Labute approximate surface area is 122 Å². The number of hydrogen-bond donors (Lipinski definition) is 1. The fourth-order valence-corrected chi connectivity index (χ4v) is 3.03. The second kappa shape index (κ2) is 4.87. The van der Waals surface area contributed by atoms with Crippen molar-refractivity contribution in [3.8, 4) is 5.75 Å². The molecule has 1 fully saturated rings. The summed E-state index contributed by atoms with van der Waals surface area (Å²) in [7, 11) is 1.56. The van der Waals surface area contributed by atoms with Crippen LogP contribution in [0.4, 0.5) is 0 Å². The number of amides is 3. The number of ether oxygens (including phenoxy) is 1. The van der Waals surface area contributed by atoms with E-state index in [1.165, 1.54) is 0 Å². The maximum absolute atomic E-state index is 12.6. The first-order valence-electron chi connectivity index (χ1n) is 6.84. The Balaban J connectivity index is 1.92. The summed E-state index contributed by atoms with van der Waals surface area (Å²) < 4.78 is 5.24. The molecule has 2 heterocycles. The Kier molecular flexibility index (Phi) is 3.16. The van der Waals surface area contributed by atoms with Crippen LogP contribution in [-0.4, -0.2) is 35.8 Å². The van der Waals surface area contributed by atoms with E-state index in [-0.39, 0.29) is 18.2 Å². The van der Waals surface area contributed by atoms with E-state index in [1.807, 2.05) is 19.1 Å². The lowest BCUT2D eigenvalue weighted by Crippen LogP contribution is -2.52. The van der Waals surface area contributed by atoms with Crippen molar-refractivity contribution in [3.63, 3.8) is 0 Å². The number of imide groups is 1. The van der Waals surface area contributed by atoms with E-state index in [2.05, 4.69) is 5.32 Å². The summed E-state index contributed by atoms with van der Waals surface area (Å²) in [6.45, 7) is 2.23. The Morgan fingerprint density at radius 2 is 2.05 bits per heavy atom. The van der Waals surface area contributed by atoms with Gasteiger partial charge in [0.15, 0.2) is 0 Å². The van der Waals surface area contributed by atoms with Gasteiger partial charge in [-0.05, 0) is 25.0 Å². The average molecular weight is 288 g/mol. The number of piperidine rings is 1. The largest absolute Gasteiger partial charge is 0.496 e. The van der Waals surface area contributed by atoms with Crippen LogP contribution in [0.5, 0.6) is 5.75 Å². The van der Waals surface area contributed by atoms with Crippen molar-refractivity contribution >= 4 is 17.7 Å². The van der Waals surface area contributed by atoms with E-state index in [4.69, 9.17) is 4.74 Å². The monoisotopic (exact) mass is 288 g/mol. The number of carbonyl (C=O) groups is 3. The standard InChI is InChI=1S/C15H16N2O4/c1-8-11(21-2)5-3-9-7-17(15(20)13(8)9)10-4-6-12(18)16-14(10)19/h3,5,10H,4,6-7H2,1-2H3,(H,16,18,19). The molecule has 0 aliphatic carbocycles. The molecule has 0 saturated carbocycles. The molecule has 3 amide bonds. The van der Waals surface area contributed by atoms with Crippen LogP contribution in [-0.2, 0) is 16.1 Å². The third-order valence-corrected chi connectivity index (χ3v) is 4.12. The average Bonchev–Trinajstić information content (AvgIpc) is 2.77. The van der Waals surface area contributed by atoms with E-state index >= 15 is 0 Å². The molecule has 0 radical (unpaired) electrons. The van der Waals surface area contributed by atoms with Crippen molar-refractivity contribution in [1.82, 2.24) is 10.2 Å². The molecule has 1 aromatic carbocycles. The van der Waals surface area contributed by atoms with Gasteiger partial charge in [0.1, 0.15) is 11.8 Å². The topological polar surface area (TPSA) is 75.7 Å². The van der Waals surface area contributed by atoms with Crippen LogP contribution in [0.2, 0.25) is 0 Å². The molecule has 0 spiro atoms. The first kappa shape index (κ1) is 13.6. The summed E-state index contributed by atoms with van der Waals surface area (Å²) >= 11 is 0. The predicted octanol–water partition coefficient (Wildman–Crippen LogP) is 0.765. The minimum Gasteiger partial charge on any atom is -0.496 e. The molecule has 1 N–H and O–H groups in total. The van der Waals surface area contributed by atoms with Crippen LogP contribution in [0.15, 0.2) is 12.1 Å². The highest BCUT2D eigenvalue weighted by atomic mass is 16.5. The third kappa shape index (κ3) is 2.07. The van der Waals surface area contributed by atoms with Gasteiger partial charge >= 0.3 is 0 Å². The summed E-state index contributed by atoms with van der Waals surface area (Å²) in [6.07, 6.45) is 0.638. The lowest BCUT2D eigenvalue weighted by molar-refractivity contribution is -0.136. The maximum atomic E-state index is 12.6. The smallest absolute Gasteiger partial charge is 0.255 e. The van der Waals surface area contributed by atoms with E-state index in [1.54, 1.807) is 12.0 Å². The van der Waals surface area contributed by atoms with Crippen LogP contribution < -0.4 is 10.1 Å². The van der Waals surface area contributed by atoms with E-state index in [0.29, 0.717) is 24.3 Å². The van der Waals surface area contributed by atoms with Gasteiger partial charge in [-0.15, -0.1) is 0 Å². The number of benzene rings is 1. The molecule has 6 nitrogen and oxygen atoms in total. The van der Waals surface area contributed by atoms with Gasteiger partial charge in [0, 0.05) is 18.5 Å². The van der Waals surface area contributed by atoms with Crippen molar-refractivity contribution in [2.45, 2.75) is 32.4 Å². The van der Waals surface area contributed by atoms with Crippen molar-refractivity contribution in [2.75, 3.05) is 7.11 Å². The lowest BCUT2D eigenvalue weighted by Gasteiger charge is -2.29. The Morgan fingerprint density at radius 1 is 1.29 bits per heavy atom. The minimum atomic E-state index is -0.576. The van der Waals surface area contributed by atoms with Gasteiger partial charge in [-0.25, -0.2) is 0 Å². The molecule has 6 heteroatoms. The minimum absolute atomic E-state index is 0.170. The molecule has 2 aliphatic heterocycles. The lowest BCUT2D eigenvalue weighted by atomic mass is 10.0. The molecule has 1 unspecified atom stereocenters. The second-order valence-electron chi connectivity index (χ2n) is 5.33. The number of nitrogens with zero attached hydrogens (tertiary/aromatic N) is 1. The molecule has 2 aliphatic rings. The summed E-state index contributed by atoms with van der Waals surface area (Å²) in [5.41, 5.74) is 2.29. The van der Waals surface area contributed by atoms with Gasteiger partial charge in [-0.2, -0.15) is 0 Å². The summed E-state index contributed by atoms with van der Waals surface area (Å²) in [6, 6.07) is 3.10. The predicted molar refractivity (Wildman–Crippen MR) is 73.8 cm³/mol. The Bertz CT molecular complexity index is 653.